The van der Waals surface area contributed by atoms with E-state index in [9.17, 15) is 4.79 Å². The highest BCUT2D eigenvalue weighted by atomic mass is 16.5. The lowest BCUT2D eigenvalue weighted by molar-refractivity contribution is -0.146. The minimum atomic E-state index is -0.471. The van der Waals surface area contributed by atoms with Crippen molar-refractivity contribution in [1.82, 2.24) is 0 Å². The second-order valence-corrected chi connectivity index (χ2v) is 3.51. The largest absolute Gasteiger partial charge is 0.466 e. The molecule has 3 nitrogen and oxygen atoms in total. The Morgan fingerprint density at radius 1 is 1.50 bits per heavy atom. The van der Waals surface area contributed by atoms with Crippen molar-refractivity contribution in [3.05, 3.63) is 12.7 Å². The maximum Gasteiger partial charge on any atom is 0.312 e. The fourth-order valence-corrected chi connectivity index (χ4v) is 2.02. The van der Waals surface area contributed by atoms with Gasteiger partial charge in [-0.3, -0.25) is 4.79 Å². The van der Waals surface area contributed by atoms with Crippen LogP contribution in [0.5, 0.6) is 0 Å². The van der Waals surface area contributed by atoms with Crippen LogP contribution in [0.2, 0.25) is 0 Å². The summed E-state index contributed by atoms with van der Waals surface area (Å²) < 4.78 is 10.5. The van der Waals surface area contributed by atoms with Gasteiger partial charge in [0.25, 0.3) is 0 Å². The zero-order valence-electron chi connectivity index (χ0n) is 9.08. The molecule has 0 unspecified atom stereocenters. The lowest BCUT2D eigenvalue weighted by Crippen LogP contribution is -2.20. The van der Waals surface area contributed by atoms with Crippen molar-refractivity contribution in [3.63, 3.8) is 0 Å². The normalized spacial score (nSPS) is 35.1. The quantitative estimate of drug-likeness (QED) is 0.499. The van der Waals surface area contributed by atoms with E-state index >= 15 is 0 Å². The first-order valence-electron chi connectivity index (χ1n) is 5.08. The highest BCUT2D eigenvalue weighted by molar-refractivity contribution is 5.79. The third-order valence-electron chi connectivity index (χ3n) is 2.84. The van der Waals surface area contributed by atoms with E-state index in [-0.39, 0.29) is 17.8 Å². The van der Waals surface area contributed by atoms with Gasteiger partial charge in [-0.2, -0.15) is 0 Å². The molecule has 0 N–H and O–H groups in total. The summed E-state index contributed by atoms with van der Waals surface area (Å²) in [5, 5.41) is 0. The van der Waals surface area contributed by atoms with Crippen LogP contribution >= 0.6 is 0 Å². The predicted molar refractivity (Wildman–Crippen MR) is 53.8 cm³/mol. The molecule has 3 heteroatoms. The number of carbonyl (C=O) groups is 1. The van der Waals surface area contributed by atoms with Crippen LogP contribution in [0.15, 0.2) is 12.7 Å². The first kappa shape index (κ1) is 11.2. The molecule has 1 aliphatic carbocycles. The number of carbonyl (C=O) groups excluding carboxylic acids is 1. The van der Waals surface area contributed by atoms with Crippen LogP contribution in [0.1, 0.15) is 20.8 Å². The van der Waals surface area contributed by atoms with Gasteiger partial charge in [-0.25, -0.2) is 0 Å². The predicted octanol–water partition coefficient (Wildman–Crippen LogP) is 1.78. The summed E-state index contributed by atoms with van der Waals surface area (Å²) in [6, 6.07) is 0. The first-order chi connectivity index (χ1) is 6.64. The van der Waals surface area contributed by atoms with E-state index in [0.29, 0.717) is 13.2 Å². The molecule has 0 spiro atoms. The Labute approximate surface area is 85.1 Å². The van der Waals surface area contributed by atoms with Crippen molar-refractivity contribution in [2.75, 3.05) is 13.2 Å². The van der Waals surface area contributed by atoms with E-state index in [1.54, 1.807) is 13.0 Å². The summed E-state index contributed by atoms with van der Waals surface area (Å²) in [6.45, 7) is 10.4. The SMILES string of the molecule is C=C[C@@]1(OCC)[C@H](C)[C@H]1C(=O)OCC. The van der Waals surface area contributed by atoms with Crippen LogP contribution in [0.3, 0.4) is 0 Å². The lowest BCUT2D eigenvalue weighted by atomic mass is 10.2. The molecule has 1 fully saturated rings. The zero-order valence-corrected chi connectivity index (χ0v) is 9.08. The maximum absolute atomic E-state index is 11.5. The lowest BCUT2D eigenvalue weighted by Gasteiger charge is -2.12. The van der Waals surface area contributed by atoms with Gasteiger partial charge < -0.3 is 9.47 Å². The van der Waals surface area contributed by atoms with Gasteiger partial charge in [0.15, 0.2) is 0 Å². The van der Waals surface area contributed by atoms with Crippen LogP contribution in [-0.4, -0.2) is 24.8 Å². The Kier molecular flexibility index (Phi) is 3.32. The van der Waals surface area contributed by atoms with Crippen molar-refractivity contribution in [1.29, 1.82) is 0 Å². The molecule has 3 atom stereocenters. The second kappa shape index (κ2) is 4.13. The van der Waals surface area contributed by atoms with Gasteiger partial charge in [0, 0.05) is 12.5 Å². The van der Waals surface area contributed by atoms with Crippen molar-refractivity contribution in [2.24, 2.45) is 11.8 Å². The monoisotopic (exact) mass is 198 g/mol. The molecule has 1 aliphatic rings. The molecule has 0 saturated heterocycles. The van der Waals surface area contributed by atoms with Crippen molar-refractivity contribution in [3.8, 4) is 0 Å². The summed E-state index contributed by atoms with van der Waals surface area (Å²) >= 11 is 0. The molecular weight excluding hydrogens is 180 g/mol. The van der Waals surface area contributed by atoms with E-state index in [1.165, 1.54) is 0 Å². The smallest absolute Gasteiger partial charge is 0.312 e. The second-order valence-electron chi connectivity index (χ2n) is 3.51. The third-order valence-corrected chi connectivity index (χ3v) is 2.84. The van der Waals surface area contributed by atoms with E-state index in [1.807, 2.05) is 13.8 Å². The summed E-state index contributed by atoms with van der Waals surface area (Å²) in [4.78, 5) is 11.5. The fourth-order valence-electron chi connectivity index (χ4n) is 2.02. The molecule has 0 bridgehead atoms. The fraction of sp³-hybridized carbons (Fsp3) is 0.727. The van der Waals surface area contributed by atoms with Crippen LogP contribution in [0.25, 0.3) is 0 Å². The highest BCUT2D eigenvalue weighted by Gasteiger charge is 2.66. The van der Waals surface area contributed by atoms with E-state index in [0.717, 1.165) is 0 Å². The molecule has 14 heavy (non-hydrogen) atoms. The van der Waals surface area contributed by atoms with Gasteiger partial charge in [0.1, 0.15) is 5.60 Å². The number of hydrogen-bond donors (Lipinski definition) is 0. The molecule has 1 saturated carbocycles. The van der Waals surface area contributed by atoms with Gasteiger partial charge >= 0.3 is 5.97 Å². The standard InChI is InChI=1S/C11H18O3/c1-5-11(14-7-3)8(4)9(11)10(12)13-6-2/h5,8-9H,1,6-7H2,2-4H3/t8-,9+,11-/m1/s1. The van der Waals surface area contributed by atoms with E-state index in [2.05, 4.69) is 6.58 Å². The van der Waals surface area contributed by atoms with Gasteiger partial charge in [-0.15, -0.1) is 6.58 Å². The van der Waals surface area contributed by atoms with Gasteiger partial charge in [0.2, 0.25) is 0 Å². The summed E-state index contributed by atoms with van der Waals surface area (Å²) in [7, 11) is 0. The van der Waals surface area contributed by atoms with Gasteiger partial charge in [0.05, 0.1) is 12.5 Å². The number of esters is 1. The molecule has 0 radical (unpaired) electrons. The minimum absolute atomic E-state index is 0.167. The molecular formula is C11H18O3. The number of hydrogen-bond acceptors (Lipinski definition) is 3. The van der Waals surface area contributed by atoms with Crippen LogP contribution in [0.4, 0.5) is 0 Å². The molecule has 0 heterocycles. The summed E-state index contributed by atoms with van der Waals surface area (Å²) in [5.74, 6) is -0.160. The van der Waals surface area contributed by atoms with Crippen molar-refractivity contribution < 1.29 is 14.3 Å². The van der Waals surface area contributed by atoms with Gasteiger partial charge in [-0.05, 0) is 13.8 Å². The number of ether oxygens (including phenoxy) is 2. The summed E-state index contributed by atoms with van der Waals surface area (Å²) in [6.07, 6.45) is 1.72. The van der Waals surface area contributed by atoms with Crippen LogP contribution < -0.4 is 0 Å². The zero-order chi connectivity index (χ0) is 10.8. The highest BCUT2D eigenvalue weighted by Crippen LogP contribution is 2.54. The Hall–Kier alpha value is -0.830. The Morgan fingerprint density at radius 2 is 2.14 bits per heavy atom. The average Bonchev–Trinajstić information content (AvgIpc) is 2.73. The van der Waals surface area contributed by atoms with Crippen molar-refractivity contribution in [2.45, 2.75) is 26.4 Å². The Morgan fingerprint density at radius 3 is 2.57 bits per heavy atom. The molecule has 0 aromatic rings. The Bertz CT molecular complexity index is 237. The molecule has 0 aromatic heterocycles. The number of rotatable bonds is 5. The Balaban J connectivity index is 2.65. The molecule has 0 aliphatic heterocycles. The maximum atomic E-state index is 11.5. The van der Waals surface area contributed by atoms with Gasteiger partial charge in [-0.1, -0.05) is 13.0 Å². The van der Waals surface area contributed by atoms with Crippen LogP contribution in [-0.2, 0) is 14.3 Å². The minimum Gasteiger partial charge on any atom is -0.466 e. The molecule has 0 aromatic carbocycles. The molecule has 0 amide bonds. The average molecular weight is 198 g/mol. The molecule has 1 rings (SSSR count). The van der Waals surface area contributed by atoms with Crippen molar-refractivity contribution >= 4 is 5.97 Å². The van der Waals surface area contributed by atoms with E-state index < -0.39 is 5.60 Å². The first-order valence-corrected chi connectivity index (χ1v) is 5.08. The molecule has 80 valence electrons. The van der Waals surface area contributed by atoms with E-state index in [4.69, 9.17) is 9.47 Å². The van der Waals surface area contributed by atoms with Crippen LogP contribution in [0, 0.1) is 11.8 Å². The summed E-state index contributed by atoms with van der Waals surface area (Å²) in [5.41, 5.74) is -0.471. The third kappa shape index (κ3) is 1.57. The topological polar surface area (TPSA) is 35.5 Å².